The second kappa shape index (κ2) is 5.18. The maximum Gasteiger partial charge on any atom is 0.270 e. The SMILES string of the molecule is Cc1nc(C(=O)NC2CCC(C)C2)ccc1C#N. The number of carbonyl (C=O) groups excluding carboxylic acids is 1. The van der Waals surface area contributed by atoms with Gasteiger partial charge in [-0.2, -0.15) is 5.26 Å². The molecule has 1 fully saturated rings. The molecule has 0 spiro atoms. The highest BCUT2D eigenvalue weighted by Crippen LogP contribution is 2.24. The van der Waals surface area contributed by atoms with E-state index in [1.807, 2.05) is 6.07 Å². The lowest BCUT2D eigenvalue weighted by molar-refractivity contribution is 0.0932. The van der Waals surface area contributed by atoms with E-state index in [2.05, 4.69) is 17.2 Å². The maximum atomic E-state index is 12.0. The van der Waals surface area contributed by atoms with E-state index < -0.39 is 0 Å². The Kier molecular flexibility index (Phi) is 3.61. The molecule has 4 nitrogen and oxygen atoms in total. The number of rotatable bonds is 2. The van der Waals surface area contributed by atoms with E-state index in [9.17, 15) is 4.79 Å². The van der Waals surface area contributed by atoms with E-state index in [1.54, 1.807) is 19.1 Å². The molecule has 0 saturated heterocycles. The van der Waals surface area contributed by atoms with Crippen LogP contribution in [-0.2, 0) is 0 Å². The first kappa shape index (κ1) is 12.6. The molecule has 0 bridgehead atoms. The van der Waals surface area contributed by atoms with Crippen molar-refractivity contribution in [2.24, 2.45) is 5.92 Å². The van der Waals surface area contributed by atoms with Crippen molar-refractivity contribution in [2.45, 2.75) is 39.2 Å². The average Bonchev–Trinajstić information content (AvgIpc) is 2.74. The smallest absolute Gasteiger partial charge is 0.270 e. The number of nitrogens with zero attached hydrogens (tertiary/aromatic N) is 2. The number of aryl methyl sites for hydroxylation is 1. The summed E-state index contributed by atoms with van der Waals surface area (Å²) in [4.78, 5) is 16.2. The summed E-state index contributed by atoms with van der Waals surface area (Å²) in [7, 11) is 0. The van der Waals surface area contributed by atoms with Gasteiger partial charge in [-0.05, 0) is 44.2 Å². The predicted octanol–water partition coefficient (Wildman–Crippen LogP) is 2.18. The van der Waals surface area contributed by atoms with Crippen molar-refractivity contribution in [1.29, 1.82) is 5.26 Å². The minimum absolute atomic E-state index is 0.137. The van der Waals surface area contributed by atoms with Crippen molar-refractivity contribution in [3.05, 3.63) is 29.1 Å². The quantitative estimate of drug-likeness (QED) is 0.865. The van der Waals surface area contributed by atoms with Crippen LogP contribution in [0.25, 0.3) is 0 Å². The molecular formula is C14H17N3O. The first-order valence-electron chi connectivity index (χ1n) is 6.28. The fourth-order valence-corrected chi connectivity index (χ4v) is 2.40. The Morgan fingerprint density at radius 3 is 2.83 bits per heavy atom. The highest BCUT2D eigenvalue weighted by Gasteiger charge is 2.23. The molecule has 1 aliphatic rings. The highest BCUT2D eigenvalue weighted by atomic mass is 16.1. The Morgan fingerprint density at radius 2 is 2.28 bits per heavy atom. The molecule has 1 amide bonds. The van der Waals surface area contributed by atoms with Crippen LogP contribution >= 0.6 is 0 Å². The van der Waals surface area contributed by atoms with Crippen LogP contribution in [0.15, 0.2) is 12.1 Å². The molecule has 2 unspecified atom stereocenters. The number of pyridine rings is 1. The maximum absolute atomic E-state index is 12.0. The summed E-state index contributed by atoms with van der Waals surface area (Å²) < 4.78 is 0. The number of aromatic nitrogens is 1. The van der Waals surface area contributed by atoms with Crippen LogP contribution in [0.1, 0.15) is 47.9 Å². The van der Waals surface area contributed by atoms with E-state index in [0.717, 1.165) is 12.8 Å². The van der Waals surface area contributed by atoms with Crippen molar-refractivity contribution >= 4 is 5.91 Å². The minimum atomic E-state index is -0.137. The first-order valence-corrected chi connectivity index (χ1v) is 6.28. The number of carbonyl (C=O) groups is 1. The van der Waals surface area contributed by atoms with Gasteiger partial charge < -0.3 is 5.32 Å². The van der Waals surface area contributed by atoms with Crippen LogP contribution in [0.3, 0.4) is 0 Å². The van der Waals surface area contributed by atoms with Gasteiger partial charge >= 0.3 is 0 Å². The summed E-state index contributed by atoms with van der Waals surface area (Å²) in [6.07, 6.45) is 3.26. The van der Waals surface area contributed by atoms with Gasteiger partial charge in [-0.1, -0.05) is 6.92 Å². The standard InChI is InChI=1S/C14H17N3O/c1-9-3-5-12(7-9)17-14(18)13-6-4-11(8-15)10(2)16-13/h4,6,9,12H,3,5,7H2,1-2H3,(H,17,18). The van der Waals surface area contributed by atoms with Crippen LogP contribution in [0, 0.1) is 24.2 Å². The molecule has 0 radical (unpaired) electrons. The Hall–Kier alpha value is -1.89. The van der Waals surface area contributed by atoms with Crippen molar-refractivity contribution in [1.82, 2.24) is 10.3 Å². The zero-order chi connectivity index (χ0) is 13.1. The van der Waals surface area contributed by atoms with E-state index >= 15 is 0 Å². The molecule has 1 aliphatic carbocycles. The summed E-state index contributed by atoms with van der Waals surface area (Å²) in [5, 5.41) is 11.8. The van der Waals surface area contributed by atoms with Gasteiger partial charge in [0.05, 0.1) is 11.3 Å². The van der Waals surface area contributed by atoms with Gasteiger partial charge in [-0.25, -0.2) is 4.98 Å². The highest BCUT2D eigenvalue weighted by molar-refractivity contribution is 5.92. The molecule has 18 heavy (non-hydrogen) atoms. The van der Waals surface area contributed by atoms with Gasteiger partial charge in [0.1, 0.15) is 11.8 Å². The molecule has 2 atom stereocenters. The largest absolute Gasteiger partial charge is 0.348 e. The minimum Gasteiger partial charge on any atom is -0.348 e. The predicted molar refractivity (Wildman–Crippen MR) is 68.0 cm³/mol. The Morgan fingerprint density at radius 1 is 1.50 bits per heavy atom. The molecular weight excluding hydrogens is 226 g/mol. The zero-order valence-electron chi connectivity index (χ0n) is 10.7. The fourth-order valence-electron chi connectivity index (χ4n) is 2.40. The lowest BCUT2D eigenvalue weighted by atomic mass is 10.1. The van der Waals surface area contributed by atoms with E-state index in [0.29, 0.717) is 22.9 Å². The number of hydrogen-bond acceptors (Lipinski definition) is 3. The molecule has 4 heteroatoms. The van der Waals surface area contributed by atoms with E-state index in [1.165, 1.54) is 6.42 Å². The molecule has 1 heterocycles. The fraction of sp³-hybridized carbons (Fsp3) is 0.500. The van der Waals surface area contributed by atoms with Gasteiger partial charge in [-0.3, -0.25) is 4.79 Å². The second-order valence-electron chi connectivity index (χ2n) is 5.03. The van der Waals surface area contributed by atoms with Gasteiger partial charge in [0.2, 0.25) is 0 Å². The average molecular weight is 243 g/mol. The van der Waals surface area contributed by atoms with Gasteiger partial charge in [-0.15, -0.1) is 0 Å². The summed E-state index contributed by atoms with van der Waals surface area (Å²) in [5.74, 6) is 0.549. The third kappa shape index (κ3) is 2.67. The number of nitrogens with one attached hydrogen (secondary N) is 1. The molecule has 1 saturated carbocycles. The molecule has 1 aromatic rings. The van der Waals surface area contributed by atoms with Crippen LogP contribution < -0.4 is 5.32 Å². The van der Waals surface area contributed by atoms with Crippen molar-refractivity contribution in [3.63, 3.8) is 0 Å². The third-order valence-electron chi connectivity index (χ3n) is 3.47. The Balaban J connectivity index is 2.05. The molecule has 1 N–H and O–H groups in total. The van der Waals surface area contributed by atoms with E-state index in [4.69, 9.17) is 5.26 Å². The molecule has 0 aromatic carbocycles. The van der Waals surface area contributed by atoms with Gasteiger partial charge in [0.15, 0.2) is 0 Å². The Bertz CT molecular complexity index is 504. The lowest BCUT2D eigenvalue weighted by Crippen LogP contribution is -2.33. The zero-order valence-corrected chi connectivity index (χ0v) is 10.7. The third-order valence-corrected chi connectivity index (χ3v) is 3.47. The number of amides is 1. The monoisotopic (exact) mass is 243 g/mol. The van der Waals surface area contributed by atoms with Crippen molar-refractivity contribution in [2.75, 3.05) is 0 Å². The summed E-state index contributed by atoms with van der Waals surface area (Å²) in [6, 6.07) is 5.57. The molecule has 2 rings (SSSR count). The summed E-state index contributed by atoms with van der Waals surface area (Å²) in [5.41, 5.74) is 1.51. The number of nitriles is 1. The van der Waals surface area contributed by atoms with Crippen LogP contribution in [0.5, 0.6) is 0 Å². The molecule has 1 aromatic heterocycles. The second-order valence-corrected chi connectivity index (χ2v) is 5.03. The summed E-state index contributed by atoms with van der Waals surface area (Å²) >= 11 is 0. The number of hydrogen-bond donors (Lipinski definition) is 1. The van der Waals surface area contributed by atoms with Crippen LogP contribution in [0.2, 0.25) is 0 Å². The molecule has 0 aliphatic heterocycles. The van der Waals surface area contributed by atoms with Gasteiger partial charge in [0.25, 0.3) is 5.91 Å². The first-order chi connectivity index (χ1) is 8.60. The lowest BCUT2D eigenvalue weighted by Gasteiger charge is -2.12. The van der Waals surface area contributed by atoms with Gasteiger partial charge in [0, 0.05) is 6.04 Å². The van der Waals surface area contributed by atoms with Crippen LogP contribution in [-0.4, -0.2) is 16.9 Å². The van der Waals surface area contributed by atoms with E-state index in [-0.39, 0.29) is 11.9 Å². The Labute approximate surface area is 107 Å². The normalized spacial score (nSPS) is 22.5. The summed E-state index contributed by atoms with van der Waals surface area (Å²) in [6.45, 7) is 3.95. The van der Waals surface area contributed by atoms with Crippen molar-refractivity contribution < 1.29 is 4.79 Å². The molecule has 94 valence electrons. The van der Waals surface area contributed by atoms with Crippen LogP contribution in [0.4, 0.5) is 0 Å². The van der Waals surface area contributed by atoms with Crippen molar-refractivity contribution in [3.8, 4) is 6.07 Å². The topological polar surface area (TPSA) is 65.8 Å².